The molecule has 0 radical (unpaired) electrons. The highest BCUT2D eigenvalue weighted by atomic mass is 16.5. The van der Waals surface area contributed by atoms with Gasteiger partial charge in [0.25, 0.3) is 0 Å². The van der Waals surface area contributed by atoms with Gasteiger partial charge >= 0.3 is 11.9 Å². The summed E-state index contributed by atoms with van der Waals surface area (Å²) in [6, 6.07) is 9.60. The van der Waals surface area contributed by atoms with E-state index in [0.29, 0.717) is 12.5 Å². The van der Waals surface area contributed by atoms with Gasteiger partial charge in [-0.15, -0.1) is 0 Å². The summed E-state index contributed by atoms with van der Waals surface area (Å²) in [6.07, 6.45) is 1.92. The SMILES string of the molecule is O=C(O)CN1CCC(CNCC(=O)OCc2ccccc2)CC1. The molecule has 0 amide bonds. The van der Waals surface area contributed by atoms with Crippen LogP contribution in [0.25, 0.3) is 0 Å². The predicted octanol–water partition coefficient (Wildman–Crippen LogP) is 1.12. The molecule has 1 aromatic rings. The van der Waals surface area contributed by atoms with Gasteiger partial charge in [0.15, 0.2) is 0 Å². The van der Waals surface area contributed by atoms with Crippen molar-refractivity contribution in [3.8, 4) is 0 Å². The van der Waals surface area contributed by atoms with E-state index in [-0.39, 0.29) is 19.1 Å². The van der Waals surface area contributed by atoms with E-state index in [1.54, 1.807) is 0 Å². The van der Waals surface area contributed by atoms with Crippen LogP contribution in [0.2, 0.25) is 0 Å². The summed E-state index contributed by atoms with van der Waals surface area (Å²) in [7, 11) is 0. The van der Waals surface area contributed by atoms with E-state index >= 15 is 0 Å². The van der Waals surface area contributed by atoms with Gasteiger partial charge in [-0.25, -0.2) is 0 Å². The molecule has 1 fully saturated rings. The van der Waals surface area contributed by atoms with Crippen molar-refractivity contribution in [2.24, 2.45) is 5.92 Å². The van der Waals surface area contributed by atoms with E-state index in [2.05, 4.69) is 5.32 Å². The zero-order valence-corrected chi connectivity index (χ0v) is 13.2. The lowest BCUT2D eigenvalue weighted by Crippen LogP contribution is -2.40. The van der Waals surface area contributed by atoms with Gasteiger partial charge in [-0.2, -0.15) is 0 Å². The number of esters is 1. The van der Waals surface area contributed by atoms with Crippen molar-refractivity contribution in [1.29, 1.82) is 0 Å². The fourth-order valence-electron chi connectivity index (χ4n) is 2.71. The number of carboxylic acid groups (broad SMARTS) is 1. The lowest BCUT2D eigenvalue weighted by molar-refractivity contribution is -0.144. The lowest BCUT2D eigenvalue weighted by Gasteiger charge is -2.30. The first kappa shape index (κ1) is 17.4. The average molecular weight is 320 g/mol. The summed E-state index contributed by atoms with van der Waals surface area (Å²) in [5.74, 6) is -0.540. The summed E-state index contributed by atoms with van der Waals surface area (Å²) < 4.78 is 5.20. The molecule has 0 spiro atoms. The van der Waals surface area contributed by atoms with Crippen molar-refractivity contribution in [2.75, 3.05) is 32.7 Å². The number of carbonyl (C=O) groups excluding carboxylic acids is 1. The number of likely N-dealkylation sites (tertiary alicyclic amines) is 1. The number of carboxylic acids is 1. The number of hydrogen-bond donors (Lipinski definition) is 2. The molecule has 2 N–H and O–H groups in total. The molecular formula is C17H24N2O4. The number of piperidine rings is 1. The van der Waals surface area contributed by atoms with E-state index in [9.17, 15) is 9.59 Å². The van der Waals surface area contributed by atoms with Gasteiger partial charge in [-0.05, 0) is 44.0 Å². The van der Waals surface area contributed by atoms with Crippen LogP contribution in [0.1, 0.15) is 18.4 Å². The Morgan fingerprint density at radius 3 is 2.57 bits per heavy atom. The second-order valence-corrected chi connectivity index (χ2v) is 5.89. The fourth-order valence-corrected chi connectivity index (χ4v) is 2.71. The van der Waals surface area contributed by atoms with Gasteiger partial charge in [0.2, 0.25) is 0 Å². The van der Waals surface area contributed by atoms with Crippen molar-refractivity contribution in [3.05, 3.63) is 35.9 Å². The molecule has 1 aliphatic heterocycles. The van der Waals surface area contributed by atoms with E-state index < -0.39 is 5.97 Å². The van der Waals surface area contributed by atoms with Gasteiger partial charge in [0.1, 0.15) is 6.61 Å². The molecule has 0 atom stereocenters. The van der Waals surface area contributed by atoms with Crippen molar-refractivity contribution in [1.82, 2.24) is 10.2 Å². The molecule has 1 saturated heterocycles. The molecule has 2 rings (SSSR count). The molecular weight excluding hydrogens is 296 g/mol. The summed E-state index contributed by atoms with van der Waals surface area (Å²) in [4.78, 5) is 24.3. The molecule has 6 nitrogen and oxygen atoms in total. The molecule has 0 bridgehead atoms. The number of benzene rings is 1. The highest BCUT2D eigenvalue weighted by Crippen LogP contribution is 2.15. The van der Waals surface area contributed by atoms with Crippen LogP contribution in [0.15, 0.2) is 30.3 Å². The standard InChI is InChI=1S/C17H24N2O4/c20-16(21)12-19-8-6-14(7-9-19)10-18-11-17(22)23-13-15-4-2-1-3-5-15/h1-5,14,18H,6-13H2,(H,20,21). The second kappa shape index (κ2) is 9.27. The summed E-state index contributed by atoms with van der Waals surface area (Å²) in [6.45, 7) is 3.00. The van der Waals surface area contributed by atoms with Crippen LogP contribution >= 0.6 is 0 Å². The van der Waals surface area contributed by atoms with Gasteiger partial charge in [0, 0.05) is 0 Å². The van der Waals surface area contributed by atoms with Gasteiger partial charge in [-0.1, -0.05) is 30.3 Å². The average Bonchev–Trinajstić information content (AvgIpc) is 2.55. The maximum Gasteiger partial charge on any atom is 0.320 e. The molecule has 1 aromatic carbocycles. The minimum Gasteiger partial charge on any atom is -0.480 e. The molecule has 23 heavy (non-hydrogen) atoms. The van der Waals surface area contributed by atoms with E-state index in [1.165, 1.54) is 0 Å². The number of rotatable bonds is 8. The highest BCUT2D eigenvalue weighted by Gasteiger charge is 2.20. The van der Waals surface area contributed by atoms with Crippen molar-refractivity contribution < 1.29 is 19.4 Å². The molecule has 0 saturated carbocycles. The molecule has 126 valence electrons. The first-order chi connectivity index (χ1) is 11.1. The number of ether oxygens (including phenoxy) is 1. The van der Waals surface area contributed by atoms with Crippen LogP contribution in [0.4, 0.5) is 0 Å². The first-order valence-electron chi connectivity index (χ1n) is 7.98. The zero-order chi connectivity index (χ0) is 16.5. The lowest BCUT2D eigenvalue weighted by atomic mass is 9.97. The monoisotopic (exact) mass is 320 g/mol. The normalized spacial score (nSPS) is 16.2. The molecule has 1 heterocycles. The van der Waals surface area contributed by atoms with Gasteiger partial charge in [-0.3, -0.25) is 14.5 Å². The fraction of sp³-hybridized carbons (Fsp3) is 0.529. The van der Waals surface area contributed by atoms with Crippen LogP contribution in [-0.4, -0.2) is 54.7 Å². The van der Waals surface area contributed by atoms with E-state index in [4.69, 9.17) is 9.84 Å². The maximum absolute atomic E-state index is 11.7. The Balaban J connectivity index is 1.55. The quantitative estimate of drug-likeness (QED) is 0.699. The number of hydrogen-bond acceptors (Lipinski definition) is 5. The molecule has 0 aliphatic carbocycles. The number of nitrogens with zero attached hydrogens (tertiary/aromatic N) is 1. The van der Waals surface area contributed by atoms with Gasteiger partial charge in [0.05, 0.1) is 13.1 Å². The molecule has 6 heteroatoms. The van der Waals surface area contributed by atoms with E-state index in [1.807, 2.05) is 35.2 Å². The Labute approximate surface area is 136 Å². The van der Waals surface area contributed by atoms with E-state index in [0.717, 1.165) is 38.0 Å². The minimum absolute atomic E-state index is 0.117. The maximum atomic E-state index is 11.7. The third-order valence-corrected chi connectivity index (χ3v) is 4.01. The van der Waals surface area contributed by atoms with Crippen molar-refractivity contribution in [2.45, 2.75) is 19.4 Å². The second-order valence-electron chi connectivity index (χ2n) is 5.89. The zero-order valence-electron chi connectivity index (χ0n) is 13.2. The minimum atomic E-state index is -0.775. The number of aliphatic carboxylic acids is 1. The Morgan fingerprint density at radius 2 is 1.91 bits per heavy atom. The molecule has 0 unspecified atom stereocenters. The number of nitrogens with one attached hydrogen (secondary N) is 1. The Kier molecular flexibility index (Phi) is 7.03. The summed E-state index contributed by atoms with van der Waals surface area (Å²) in [5.41, 5.74) is 0.978. The molecule has 1 aliphatic rings. The Morgan fingerprint density at radius 1 is 1.22 bits per heavy atom. The van der Waals surface area contributed by atoms with Crippen LogP contribution in [0, 0.1) is 5.92 Å². The highest BCUT2D eigenvalue weighted by molar-refractivity contribution is 5.71. The summed E-state index contributed by atoms with van der Waals surface area (Å²) >= 11 is 0. The first-order valence-corrected chi connectivity index (χ1v) is 7.98. The largest absolute Gasteiger partial charge is 0.480 e. The third kappa shape index (κ3) is 6.80. The van der Waals surface area contributed by atoms with Crippen LogP contribution < -0.4 is 5.32 Å². The smallest absolute Gasteiger partial charge is 0.320 e. The predicted molar refractivity (Wildman–Crippen MR) is 85.9 cm³/mol. The number of carbonyl (C=O) groups is 2. The van der Waals surface area contributed by atoms with Crippen LogP contribution in [0.5, 0.6) is 0 Å². The molecule has 0 aromatic heterocycles. The van der Waals surface area contributed by atoms with Gasteiger partial charge < -0.3 is 15.2 Å². The Hall–Kier alpha value is -1.92. The summed E-state index contributed by atoms with van der Waals surface area (Å²) in [5, 5.41) is 11.9. The Bertz CT molecular complexity index is 499. The van der Waals surface area contributed by atoms with Crippen molar-refractivity contribution in [3.63, 3.8) is 0 Å². The third-order valence-electron chi connectivity index (χ3n) is 4.01. The van der Waals surface area contributed by atoms with Crippen molar-refractivity contribution >= 4 is 11.9 Å². The topological polar surface area (TPSA) is 78.9 Å². The van der Waals surface area contributed by atoms with Crippen LogP contribution in [0.3, 0.4) is 0 Å². The van der Waals surface area contributed by atoms with Crippen LogP contribution in [-0.2, 0) is 20.9 Å².